The van der Waals surface area contributed by atoms with Crippen molar-refractivity contribution in [1.82, 2.24) is 4.90 Å². The molecule has 0 spiro atoms. The zero-order chi connectivity index (χ0) is 13.1. The zero-order valence-corrected chi connectivity index (χ0v) is 10.9. The van der Waals surface area contributed by atoms with E-state index in [1.54, 1.807) is 0 Å². The van der Waals surface area contributed by atoms with Gasteiger partial charge in [0.15, 0.2) is 0 Å². The van der Waals surface area contributed by atoms with Crippen molar-refractivity contribution in [1.29, 1.82) is 0 Å². The van der Waals surface area contributed by atoms with Gasteiger partial charge in [0.2, 0.25) is 0 Å². The van der Waals surface area contributed by atoms with Crippen LogP contribution >= 0.6 is 0 Å². The number of rotatable bonds is 3. The molecule has 98 valence electrons. The second-order valence-corrected chi connectivity index (χ2v) is 4.92. The number of benzene rings is 1. The number of para-hydroxylation sites is 1. The Labute approximate surface area is 108 Å². The van der Waals surface area contributed by atoms with E-state index in [1.165, 1.54) is 5.69 Å². The number of carboxylic acid groups (broad SMARTS) is 1. The van der Waals surface area contributed by atoms with Crippen LogP contribution in [0.2, 0.25) is 0 Å². The number of nitrogens with zero attached hydrogens (tertiary/aromatic N) is 2. The fourth-order valence-corrected chi connectivity index (χ4v) is 2.70. The number of anilines is 1. The molecular formula is C14H20N2O2. The number of aliphatic carboxylic acids is 1. The van der Waals surface area contributed by atoms with E-state index in [0.29, 0.717) is 0 Å². The van der Waals surface area contributed by atoms with Gasteiger partial charge in [-0.1, -0.05) is 18.2 Å². The van der Waals surface area contributed by atoms with Crippen LogP contribution in [-0.2, 0) is 4.79 Å². The Morgan fingerprint density at radius 3 is 2.61 bits per heavy atom. The van der Waals surface area contributed by atoms with Crippen molar-refractivity contribution in [2.75, 3.05) is 25.0 Å². The third-order valence-electron chi connectivity index (χ3n) is 3.78. The molecule has 0 saturated carbocycles. The number of piperazine rings is 1. The summed E-state index contributed by atoms with van der Waals surface area (Å²) in [6.07, 6.45) is 0.195. The van der Waals surface area contributed by atoms with Gasteiger partial charge in [-0.05, 0) is 26.1 Å². The molecule has 1 aromatic carbocycles. The first-order valence-corrected chi connectivity index (χ1v) is 6.33. The van der Waals surface area contributed by atoms with E-state index in [-0.39, 0.29) is 18.5 Å². The second-order valence-electron chi connectivity index (χ2n) is 4.92. The molecule has 1 saturated heterocycles. The van der Waals surface area contributed by atoms with Crippen molar-refractivity contribution in [3.63, 3.8) is 0 Å². The quantitative estimate of drug-likeness (QED) is 0.883. The zero-order valence-electron chi connectivity index (χ0n) is 10.9. The number of carbonyl (C=O) groups is 1. The molecule has 2 atom stereocenters. The summed E-state index contributed by atoms with van der Waals surface area (Å²) in [4.78, 5) is 15.4. The maximum atomic E-state index is 11.0. The van der Waals surface area contributed by atoms with E-state index >= 15 is 0 Å². The molecule has 0 aliphatic carbocycles. The lowest BCUT2D eigenvalue weighted by Gasteiger charge is -2.45. The molecule has 0 radical (unpaired) electrons. The van der Waals surface area contributed by atoms with Gasteiger partial charge in [-0.15, -0.1) is 0 Å². The van der Waals surface area contributed by atoms with Crippen LogP contribution in [0, 0.1) is 0 Å². The Hall–Kier alpha value is -1.55. The third-order valence-corrected chi connectivity index (χ3v) is 3.78. The van der Waals surface area contributed by atoms with Gasteiger partial charge in [-0.25, -0.2) is 0 Å². The van der Waals surface area contributed by atoms with Gasteiger partial charge < -0.3 is 10.0 Å². The van der Waals surface area contributed by atoms with Crippen LogP contribution in [0.5, 0.6) is 0 Å². The molecule has 1 N–H and O–H groups in total. The van der Waals surface area contributed by atoms with Gasteiger partial charge in [0.25, 0.3) is 0 Å². The average Bonchev–Trinajstić information content (AvgIpc) is 2.35. The predicted molar refractivity (Wildman–Crippen MR) is 71.9 cm³/mol. The van der Waals surface area contributed by atoms with Crippen molar-refractivity contribution < 1.29 is 9.90 Å². The molecule has 1 aliphatic rings. The van der Waals surface area contributed by atoms with Gasteiger partial charge >= 0.3 is 5.97 Å². The minimum Gasteiger partial charge on any atom is -0.481 e. The predicted octanol–water partition coefficient (Wildman–Crippen LogP) is 1.67. The van der Waals surface area contributed by atoms with Gasteiger partial charge in [-0.2, -0.15) is 0 Å². The van der Waals surface area contributed by atoms with Gasteiger partial charge in [0, 0.05) is 30.9 Å². The lowest BCUT2D eigenvalue weighted by Crippen LogP contribution is -2.57. The van der Waals surface area contributed by atoms with E-state index in [4.69, 9.17) is 5.11 Å². The van der Waals surface area contributed by atoms with E-state index in [1.807, 2.05) is 25.2 Å². The highest BCUT2D eigenvalue weighted by Crippen LogP contribution is 2.24. The van der Waals surface area contributed by atoms with E-state index in [9.17, 15) is 4.79 Å². The third kappa shape index (κ3) is 2.64. The summed E-state index contributed by atoms with van der Waals surface area (Å²) >= 11 is 0. The number of likely N-dealkylation sites (N-methyl/N-ethyl adjacent to an activating group) is 1. The SMILES string of the molecule is C[C@@H]1[C@H](CC(=O)O)N(C)CCN1c1ccccc1. The van der Waals surface area contributed by atoms with Crippen LogP contribution in [0.15, 0.2) is 30.3 Å². The molecule has 0 amide bonds. The monoisotopic (exact) mass is 248 g/mol. The lowest BCUT2D eigenvalue weighted by molar-refractivity contribution is -0.138. The molecule has 0 unspecified atom stereocenters. The van der Waals surface area contributed by atoms with Crippen molar-refractivity contribution in [3.05, 3.63) is 30.3 Å². The summed E-state index contributed by atoms with van der Waals surface area (Å²) in [6, 6.07) is 10.5. The highest BCUT2D eigenvalue weighted by molar-refractivity contribution is 5.68. The summed E-state index contributed by atoms with van der Waals surface area (Å²) in [6.45, 7) is 3.95. The standard InChI is InChI=1S/C14H20N2O2/c1-11-13(10-14(17)18)15(2)8-9-16(11)12-6-4-3-5-7-12/h3-7,11,13H,8-10H2,1-2H3,(H,17,18)/t11-,13+/m1/s1. The summed E-state index contributed by atoms with van der Waals surface area (Å²) in [5.74, 6) is -0.728. The molecule has 18 heavy (non-hydrogen) atoms. The van der Waals surface area contributed by atoms with Crippen LogP contribution in [0.4, 0.5) is 5.69 Å². The molecule has 4 nitrogen and oxygen atoms in total. The second kappa shape index (κ2) is 5.40. The van der Waals surface area contributed by atoms with Crippen LogP contribution in [0.25, 0.3) is 0 Å². The molecule has 1 aliphatic heterocycles. The first-order valence-electron chi connectivity index (χ1n) is 6.33. The van der Waals surface area contributed by atoms with Crippen LogP contribution in [0.1, 0.15) is 13.3 Å². The average molecular weight is 248 g/mol. The Morgan fingerprint density at radius 1 is 1.33 bits per heavy atom. The minimum atomic E-state index is -0.728. The fraction of sp³-hybridized carbons (Fsp3) is 0.500. The largest absolute Gasteiger partial charge is 0.481 e. The molecule has 1 aromatic rings. The number of hydrogen-bond acceptors (Lipinski definition) is 3. The highest BCUT2D eigenvalue weighted by Gasteiger charge is 2.33. The van der Waals surface area contributed by atoms with E-state index in [0.717, 1.165) is 13.1 Å². The maximum Gasteiger partial charge on any atom is 0.305 e. The first-order chi connectivity index (χ1) is 8.59. The minimum absolute atomic E-state index is 0.0662. The number of hydrogen-bond donors (Lipinski definition) is 1. The summed E-state index contributed by atoms with van der Waals surface area (Å²) < 4.78 is 0. The molecular weight excluding hydrogens is 228 g/mol. The highest BCUT2D eigenvalue weighted by atomic mass is 16.4. The molecule has 0 bridgehead atoms. The molecule has 4 heteroatoms. The molecule has 2 rings (SSSR count). The van der Waals surface area contributed by atoms with Crippen molar-refractivity contribution in [2.24, 2.45) is 0 Å². The van der Waals surface area contributed by atoms with Crippen LogP contribution in [-0.4, -0.2) is 48.2 Å². The maximum absolute atomic E-state index is 11.0. The lowest BCUT2D eigenvalue weighted by atomic mass is 9.99. The first kappa shape index (κ1) is 12.9. The summed E-state index contributed by atoms with van der Waals surface area (Å²) in [5.41, 5.74) is 1.17. The Morgan fingerprint density at radius 2 is 2.00 bits per heavy atom. The fourth-order valence-electron chi connectivity index (χ4n) is 2.70. The van der Waals surface area contributed by atoms with Gasteiger partial charge in [0.05, 0.1) is 6.42 Å². The van der Waals surface area contributed by atoms with Crippen molar-refractivity contribution >= 4 is 11.7 Å². The topological polar surface area (TPSA) is 43.8 Å². The van der Waals surface area contributed by atoms with E-state index in [2.05, 4.69) is 28.9 Å². The van der Waals surface area contributed by atoms with E-state index < -0.39 is 5.97 Å². The smallest absolute Gasteiger partial charge is 0.305 e. The molecule has 1 heterocycles. The van der Waals surface area contributed by atoms with Crippen molar-refractivity contribution in [3.8, 4) is 0 Å². The Kier molecular flexibility index (Phi) is 3.87. The van der Waals surface area contributed by atoms with Crippen LogP contribution in [0.3, 0.4) is 0 Å². The summed E-state index contributed by atoms with van der Waals surface area (Å²) in [7, 11) is 2.01. The molecule has 1 fully saturated rings. The molecule has 0 aromatic heterocycles. The van der Waals surface area contributed by atoms with Crippen molar-refractivity contribution in [2.45, 2.75) is 25.4 Å². The number of carboxylic acids is 1. The Balaban J connectivity index is 2.17. The normalized spacial score (nSPS) is 25.1. The van der Waals surface area contributed by atoms with Crippen LogP contribution < -0.4 is 4.90 Å². The summed E-state index contributed by atoms with van der Waals surface area (Å²) in [5, 5.41) is 9.01. The van der Waals surface area contributed by atoms with Gasteiger partial charge in [0.1, 0.15) is 0 Å². The van der Waals surface area contributed by atoms with Gasteiger partial charge in [-0.3, -0.25) is 9.69 Å². The Bertz CT molecular complexity index is 408.